The van der Waals surface area contributed by atoms with Crippen molar-refractivity contribution >= 4 is 5.69 Å². The molecule has 0 unspecified atom stereocenters. The summed E-state index contributed by atoms with van der Waals surface area (Å²) in [5.74, 6) is 0.682. The molecular weight excluding hydrogens is 354 g/mol. The van der Waals surface area contributed by atoms with Crippen molar-refractivity contribution in [3.63, 3.8) is 0 Å². The Morgan fingerprint density at radius 3 is 2.36 bits per heavy atom. The monoisotopic (exact) mass is 369 g/mol. The first-order valence-corrected chi connectivity index (χ1v) is 8.60. The van der Waals surface area contributed by atoms with Crippen LogP contribution in [0, 0.1) is 10.1 Å². The minimum atomic E-state index is -0.458. The standard InChI is InChI=1S/C22H15N3O3/c26-25(27)18-9-6-10-19(15-18)28-22-14-17(20-11-4-5-12-23-20)13-21(24-22)16-7-2-1-3-8-16/h1-15H. The number of nitro groups is 1. The maximum Gasteiger partial charge on any atom is 0.273 e. The highest BCUT2D eigenvalue weighted by atomic mass is 16.6. The topological polar surface area (TPSA) is 78.2 Å². The van der Waals surface area contributed by atoms with Crippen LogP contribution in [-0.2, 0) is 0 Å². The second-order valence-electron chi connectivity index (χ2n) is 6.02. The van der Waals surface area contributed by atoms with E-state index in [2.05, 4.69) is 9.97 Å². The van der Waals surface area contributed by atoms with Crippen LogP contribution in [0.3, 0.4) is 0 Å². The Labute approximate surface area is 161 Å². The lowest BCUT2D eigenvalue weighted by Crippen LogP contribution is -1.94. The van der Waals surface area contributed by atoms with Crippen LogP contribution in [0.25, 0.3) is 22.5 Å². The van der Waals surface area contributed by atoms with Crippen molar-refractivity contribution in [1.29, 1.82) is 0 Å². The fourth-order valence-electron chi connectivity index (χ4n) is 2.78. The maximum absolute atomic E-state index is 11.0. The molecule has 0 aliphatic heterocycles. The van der Waals surface area contributed by atoms with Crippen LogP contribution in [0.15, 0.2) is 91.1 Å². The lowest BCUT2D eigenvalue weighted by Gasteiger charge is -2.10. The zero-order valence-corrected chi connectivity index (χ0v) is 14.7. The highest BCUT2D eigenvalue weighted by molar-refractivity contribution is 5.69. The van der Waals surface area contributed by atoms with Crippen LogP contribution in [0.1, 0.15) is 0 Å². The molecule has 0 spiro atoms. The summed E-state index contributed by atoms with van der Waals surface area (Å²) in [4.78, 5) is 19.5. The number of hydrogen-bond donors (Lipinski definition) is 0. The molecule has 0 aliphatic rings. The molecule has 0 atom stereocenters. The van der Waals surface area contributed by atoms with Crippen molar-refractivity contribution in [3.05, 3.63) is 101 Å². The first kappa shape index (κ1) is 17.4. The van der Waals surface area contributed by atoms with Crippen LogP contribution in [0.2, 0.25) is 0 Å². The summed E-state index contributed by atoms with van der Waals surface area (Å²) in [5.41, 5.74) is 3.25. The minimum Gasteiger partial charge on any atom is -0.439 e. The molecule has 0 bridgehead atoms. The molecule has 4 rings (SSSR count). The molecule has 136 valence electrons. The Morgan fingerprint density at radius 1 is 0.786 bits per heavy atom. The molecule has 0 fully saturated rings. The van der Waals surface area contributed by atoms with Crippen LogP contribution in [0.5, 0.6) is 11.6 Å². The molecule has 6 heteroatoms. The quantitative estimate of drug-likeness (QED) is 0.342. The van der Waals surface area contributed by atoms with E-state index in [1.165, 1.54) is 12.1 Å². The molecule has 0 N–H and O–H groups in total. The van der Waals surface area contributed by atoms with Gasteiger partial charge in [-0.25, -0.2) is 4.98 Å². The van der Waals surface area contributed by atoms with Crippen molar-refractivity contribution in [3.8, 4) is 34.1 Å². The number of ether oxygens (including phenoxy) is 1. The van der Waals surface area contributed by atoms with E-state index in [4.69, 9.17) is 4.74 Å². The number of hydrogen-bond acceptors (Lipinski definition) is 5. The molecule has 0 saturated heterocycles. The van der Waals surface area contributed by atoms with Gasteiger partial charge in [-0.3, -0.25) is 15.1 Å². The van der Waals surface area contributed by atoms with Crippen molar-refractivity contribution in [2.24, 2.45) is 0 Å². The van der Waals surface area contributed by atoms with Crippen LogP contribution >= 0.6 is 0 Å². The van der Waals surface area contributed by atoms with Gasteiger partial charge in [-0.1, -0.05) is 42.5 Å². The van der Waals surface area contributed by atoms with Gasteiger partial charge in [-0.2, -0.15) is 0 Å². The van der Waals surface area contributed by atoms with Crippen LogP contribution in [0.4, 0.5) is 5.69 Å². The van der Waals surface area contributed by atoms with E-state index in [0.29, 0.717) is 11.6 Å². The first-order valence-electron chi connectivity index (χ1n) is 8.60. The average molecular weight is 369 g/mol. The average Bonchev–Trinajstić information content (AvgIpc) is 2.75. The van der Waals surface area contributed by atoms with Crippen molar-refractivity contribution < 1.29 is 9.66 Å². The molecule has 2 aromatic carbocycles. The number of pyridine rings is 2. The fraction of sp³-hybridized carbons (Fsp3) is 0. The van der Waals surface area contributed by atoms with Gasteiger partial charge in [-0.15, -0.1) is 0 Å². The zero-order valence-electron chi connectivity index (χ0n) is 14.7. The minimum absolute atomic E-state index is 0.0401. The zero-order chi connectivity index (χ0) is 19.3. The molecule has 2 heterocycles. The summed E-state index contributed by atoms with van der Waals surface area (Å²) in [6.07, 6.45) is 1.72. The van der Waals surface area contributed by atoms with E-state index in [0.717, 1.165) is 22.5 Å². The number of non-ortho nitro benzene ring substituents is 1. The summed E-state index contributed by atoms with van der Waals surface area (Å²) < 4.78 is 5.85. The van der Waals surface area contributed by atoms with Gasteiger partial charge in [0, 0.05) is 29.5 Å². The molecule has 2 aromatic heterocycles. The summed E-state index contributed by atoms with van der Waals surface area (Å²) in [6.45, 7) is 0. The summed E-state index contributed by atoms with van der Waals surface area (Å²) in [6, 6.07) is 25.1. The predicted octanol–water partition coefficient (Wildman–Crippen LogP) is 5.51. The van der Waals surface area contributed by atoms with E-state index >= 15 is 0 Å². The van der Waals surface area contributed by atoms with Gasteiger partial charge in [0.1, 0.15) is 5.75 Å². The van der Waals surface area contributed by atoms with Crippen molar-refractivity contribution in [2.75, 3.05) is 0 Å². The van der Waals surface area contributed by atoms with Gasteiger partial charge in [-0.05, 0) is 24.3 Å². The normalized spacial score (nSPS) is 10.4. The lowest BCUT2D eigenvalue weighted by atomic mass is 10.1. The van der Waals surface area contributed by atoms with Crippen LogP contribution in [-0.4, -0.2) is 14.9 Å². The third-order valence-electron chi connectivity index (χ3n) is 4.08. The third-order valence-corrected chi connectivity index (χ3v) is 4.08. The van der Waals surface area contributed by atoms with E-state index < -0.39 is 4.92 Å². The molecule has 28 heavy (non-hydrogen) atoms. The summed E-state index contributed by atoms with van der Waals surface area (Å²) in [7, 11) is 0. The maximum atomic E-state index is 11.0. The Kier molecular flexibility index (Phi) is 4.76. The Morgan fingerprint density at radius 2 is 1.61 bits per heavy atom. The molecule has 6 nitrogen and oxygen atoms in total. The fourth-order valence-corrected chi connectivity index (χ4v) is 2.78. The van der Waals surface area contributed by atoms with Crippen LogP contribution < -0.4 is 4.74 Å². The molecular formula is C22H15N3O3. The molecule has 0 radical (unpaired) electrons. The molecule has 4 aromatic rings. The number of rotatable bonds is 5. The Bertz CT molecular complexity index is 1060. The number of aromatic nitrogens is 2. The SMILES string of the molecule is O=[N+]([O-])c1cccc(Oc2cc(-c3ccccn3)cc(-c3ccccc3)n2)c1. The Balaban J connectivity index is 1.78. The molecule has 0 amide bonds. The summed E-state index contributed by atoms with van der Waals surface area (Å²) >= 11 is 0. The van der Waals surface area contributed by atoms with E-state index in [1.807, 2.05) is 54.6 Å². The number of nitrogens with zero attached hydrogens (tertiary/aromatic N) is 3. The smallest absolute Gasteiger partial charge is 0.273 e. The number of benzene rings is 2. The van der Waals surface area contributed by atoms with Gasteiger partial charge in [0.2, 0.25) is 5.88 Å². The highest BCUT2D eigenvalue weighted by Gasteiger charge is 2.11. The number of nitro benzene ring substituents is 1. The van der Waals surface area contributed by atoms with E-state index in [1.54, 1.807) is 24.4 Å². The summed E-state index contributed by atoms with van der Waals surface area (Å²) in [5, 5.41) is 11.0. The van der Waals surface area contributed by atoms with Gasteiger partial charge in [0.15, 0.2) is 0 Å². The second-order valence-corrected chi connectivity index (χ2v) is 6.02. The highest BCUT2D eigenvalue weighted by Crippen LogP contribution is 2.31. The molecule has 0 saturated carbocycles. The third kappa shape index (κ3) is 3.86. The van der Waals surface area contributed by atoms with Gasteiger partial charge >= 0.3 is 0 Å². The second kappa shape index (κ2) is 7.67. The first-order chi connectivity index (χ1) is 13.7. The molecule has 0 aliphatic carbocycles. The van der Waals surface area contributed by atoms with E-state index in [-0.39, 0.29) is 5.69 Å². The van der Waals surface area contributed by atoms with Gasteiger partial charge in [0.25, 0.3) is 5.69 Å². The Hall–Kier alpha value is -4.06. The van der Waals surface area contributed by atoms with Gasteiger partial charge < -0.3 is 4.74 Å². The van der Waals surface area contributed by atoms with Crippen molar-refractivity contribution in [1.82, 2.24) is 9.97 Å². The van der Waals surface area contributed by atoms with Gasteiger partial charge in [0.05, 0.1) is 22.4 Å². The lowest BCUT2D eigenvalue weighted by molar-refractivity contribution is -0.384. The predicted molar refractivity (Wildman–Crippen MR) is 106 cm³/mol. The largest absolute Gasteiger partial charge is 0.439 e. The van der Waals surface area contributed by atoms with E-state index in [9.17, 15) is 10.1 Å². The van der Waals surface area contributed by atoms with Crippen molar-refractivity contribution in [2.45, 2.75) is 0 Å².